The van der Waals surface area contributed by atoms with Crippen LogP contribution in [-0.4, -0.2) is 24.6 Å². The van der Waals surface area contributed by atoms with Gasteiger partial charge < -0.3 is 15.4 Å². The van der Waals surface area contributed by atoms with Gasteiger partial charge in [0.05, 0.1) is 6.54 Å². The third-order valence-electron chi connectivity index (χ3n) is 3.16. The van der Waals surface area contributed by atoms with Crippen LogP contribution in [0.2, 0.25) is 5.02 Å². The Morgan fingerprint density at radius 3 is 2.59 bits per heavy atom. The van der Waals surface area contributed by atoms with E-state index in [4.69, 9.17) is 11.6 Å². The van der Waals surface area contributed by atoms with Crippen molar-refractivity contribution in [3.05, 3.63) is 44.9 Å². The molecule has 5 nitrogen and oxygen atoms in total. The molecule has 0 aliphatic rings. The average molecular weight is 429 g/mol. The Labute approximate surface area is 160 Å². The lowest BCUT2D eigenvalue weighted by Gasteiger charge is -2.14. The molecule has 0 aliphatic carbocycles. The van der Waals surface area contributed by atoms with Crippen LogP contribution in [0.5, 0.6) is 5.75 Å². The molecule has 0 saturated heterocycles. The molecule has 2 aromatic rings. The van der Waals surface area contributed by atoms with Gasteiger partial charge in [0.1, 0.15) is 10.8 Å². The molecule has 1 heterocycles. The van der Waals surface area contributed by atoms with Gasteiger partial charge in [-0.1, -0.05) is 11.6 Å². The molecular weight excluding hydrogens is 415 g/mol. The van der Waals surface area contributed by atoms with E-state index in [0.29, 0.717) is 10.6 Å². The molecule has 0 spiro atoms. The van der Waals surface area contributed by atoms with E-state index >= 15 is 0 Å². The van der Waals surface area contributed by atoms with Gasteiger partial charge in [-0.15, -0.1) is 11.3 Å². The molecule has 27 heavy (non-hydrogen) atoms. The normalized spacial score (nSPS) is 12.4. The molecule has 12 heteroatoms. The van der Waals surface area contributed by atoms with Crippen LogP contribution >= 0.6 is 22.9 Å². The predicted molar refractivity (Wildman–Crippen MR) is 92.2 cm³/mol. The molecule has 0 saturated carbocycles. The van der Waals surface area contributed by atoms with Crippen LogP contribution in [0.1, 0.15) is 16.3 Å². The first-order valence-electron chi connectivity index (χ1n) is 7.38. The Bertz CT molecular complexity index is 797. The van der Waals surface area contributed by atoms with Crippen LogP contribution in [0.4, 0.5) is 22.0 Å². The second-order valence-corrected chi connectivity index (χ2v) is 6.41. The lowest BCUT2D eigenvalue weighted by Crippen LogP contribution is -2.36. The minimum Gasteiger partial charge on any atom is -0.434 e. The fourth-order valence-corrected chi connectivity index (χ4v) is 2.91. The summed E-state index contributed by atoms with van der Waals surface area (Å²) in [5, 5.41) is 7.11. The van der Waals surface area contributed by atoms with Crippen molar-refractivity contribution in [3.63, 3.8) is 0 Å². The van der Waals surface area contributed by atoms with Crippen molar-refractivity contribution in [2.24, 2.45) is 4.99 Å². The highest BCUT2D eigenvalue weighted by Gasteiger charge is 2.33. The molecule has 2 N–H and O–H groups in total. The number of hydrogen-bond acceptors (Lipinski definition) is 4. The van der Waals surface area contributed by atoms with E-state index in [1.807, 2.05) is 0 Å². The molecule has 0 bridgehead atoms. The molecule has 0 unspecified atom stereocenters. The largest absolute Gasteiger partial charge is 0.434 e. The monoisotopic (exact) mass is 428 g/mol. The number of ether oxygens (including phenoxy) is 1. The quantitative estimate of drug-likeness (QED) is 0.409. The molecule has 148 valence electrons. The first-order valence-corrected chi connectivity index (χ1v) is 8.64. The lowest BCUT2D eigenvalue weighted by molar-refractivity contribution is -0.140. The number of thiazole rings is 1. The molecular formula is C15H14ClF5N4OS. The van der Waals surface area contributed by atoms with E-state index in [-0.39, 0.29) is 29.8 Å². The van der Waals surface area contributed by atoms with Gasteiger partial charge in [-0.25, -0.2) is 4.98 Å². The molecule has 1 aromatic heterocycles. The summed E-state index contributed by atoms with van der Waals surface area (Å²) in [7, 11) is 1.45. The summed E-state index contributed by atoms with van der Waals surface area (Å²) in [5.41, 5.74) is -0.598. The first kappa shape index (κ1) is 21.2. The number of alkyl halides is 5. The third-order valence-corrected chi connectivity index (χ3v) is 4.24. The fraction of sp³-hybridized carbons (Fsp3) is 0.333. The Hall–Kier alpha value is -2.14. The van der Waals surface area contributed by atoms with Crippen molar-refractivity contribution >= 4 is 28.9 Å². The Morgan fingerprint density at radius 2 is 2.00 bits per heavy atom. The van der Waals surface area contributed by atoms with E-state index in [2.05, 4.69) is 25.3 Å². The van der Waals surface area contributed by atoms with E-state index in [1.54, 1.807) is 0 Å². The maximum Gasteiger partial charge on any atom is 0.434 e. The smallest absolute Gasteiger partial charge is 0.434 e. The zero-order valence-electron chi connectivity index (χ0n) is 13.8. The second kappa shape index (κ2) is 9.18. The van der Waals surface area contributed by atoms with E-state index in [0.717, 1.165) is 16.7 Å². The summed E-state index contributed by atoms with van der Waals surface area (Å²) >= 11 is 6.72. The van der Waals surface area contributed by atoms with Crippen molar-refractivity contribution < 1.29 is 26.7 Å². The van der Waals surface area contributed by atoms with Crippen molar-refractivity contribution in [2.75, 3.05) is 7.05 Å². The lowest BCUT2D eigenvalue weighted by atomic mass is 10.2. The van der Waals surface area contributed by atoms with Crippen LogP contribution in [0, 0.1) is 0 Å². The van der Waals surface area contributed by atoms with Gasteiger partial charge in [-0.2, -0.15) is 22.0 Å². The number of guanidine groups is 1. The summed E-state index contributed by atoms with van der Waals surface area (Å²) in [5.74, 6) is 0.189. The Morgan fingerprint density at radius 1 is 1.30 bits per heavy atom. The highest BCUT2D eigenvalue weighted by molar-refractivity contribution is 7.09. The van der Waals surface area contributed by atoms with Crippen molar-refractivity contribution in [3.8, 4) is 5.75 Å². The zero-order valence-corrected chi connectivity index (χ0v) is 15.4. The molecule has 1 aromatic carbocycles. The molecule has 0 fully saturated rings. The maximum absolute atomic E-state index is 12.5. The van der Waals surface area contributed by atoms with Crippen molar-refractivity contribution in [1.29, 1.82) is 0 Å². The number of rotatable bonds is 6. The highest BCUT2D eigenvalue weighted by Crippen LogP contribution is 2.30. The number of benzene rings is 1. The average Bonchev–Trinajstić information content (AvgIpc) is 3.06. The minimum atomic E-state index is -4.50. The topological polar surface area (TPSA) is 58.5 Å². The van der Waals surface area contributed by atoms with Gasteiger partial charge in [0.25, 0.3) is 0 Å². The number of nitrogens with zero attached hydrogens (tertiary/aromatic N) is 2. The summed E-state index contributed by atoms with van der Waals surface area (Å²) < 4.78 is 67.0. The van der Waals surface area contributed by atoms with Crippen LogP contribution in [0.3, 0.4) is 0 Å². The molecule has 0 amide bonds. The van der Waals surface area contributed by atoms with Crippen LogP contribution in [0.15, 0.2) is 28.6 Å². The van der Waals surface area contributed by atoms with Crippen LogP contribution in [0.25, 0.3) is 0 Å². The van der Waals surface area contributed by atoms with Gasteiger partial charge in [0, 0.05) is 29.6 Å². The van der Waals surface area contributed by atoms with Crippen LogP contribution < -0.4 is 15.4 Å². The third kappa shape index (κ3) is 6.51. The summed E-state index contributed by atoms with van der Waals surface area (Å²) in [6.45, 7) is -2.93. The summed E-state index contributed by atoms with van der Waals surface area (Å²) in [6, 6.07) is 4.18. The van der Waals surface area contributed by atoms with Gasteiger partial charge in [0.2, 0.25) is 0 Å². The van der Waals surface area contributed by atoms with Crippen LogP contribution in [-0.2, 0) is 19.3 Å². The number of halogens is 6. The van der Waals surface area contributed by atoms with Gasteiger partial charge in [0.15, 0.2) is 11.7 Å². The van der Waals surface area contributed by atoms with Crippen molar-refractivity contribution in [1.82, 2.24) is 15.6 Å². The van der Waals surface area contributed by atoms with Gasteiger partial charge >= 0.3 is 12.8 Å². The number of aromatic nitrogens is 1. The van der Waals surface area contributed by atoms with Gasteiger partial charge in [-0.05, 0) is 18.2 Å². The van der Waals surface area contributed by atoms with E-state index in [1.165, 1.54) is 25.2 Å². The standard InChI is InChI=1S/C15H14ClF5N4OS/c1-22-14(24-6-12-25-11(7-27-12)15(19,20)21)23-5-8-4-9(16)2-3-10(8)26-13(17)18/h2-4,7,13H,5-6H2,1H3,(H2,22,23,24). The highest BCUT2D eigenvalue weighted by atomic mass is 35.5. The Balaban J connectivity index is 1.96. The van der Waals surface area contributed by atoms with E-state index < -0.39 is 18.5 Å². The summed E-state index contributed by atoms with van der Waals surface area (Å²) in [4.78, 5) is 7.41. The maximum atomic E-state index is 12.5. The summed E-state index contributed by atoms with van der Waals surface area (Å²) in [6.07, 6.45) is -4.50. The minimum absolute atomic E-state index is 0.0103. The Kier molecular flexibility index (Phi) is 7.19. The predicted octanol–water partition coefficient (Wildman–Crippen LogP) is 4.28. The van der Waals surface area contributed by atoms with Gasteiger partial charge in [-0.3, -0.25) is 4.99 Å². The van der Waals surface area contributed by atoms with E-state index in [9.17, 15) is 22.0 Å². The molecule has 0 atom stereocenters. The number of nitrogens with one attached hydrogen (secondary N) is 2. The number of hydrogen-bond donors (Lipinski definition) is 2. The number of aliphatic imine (C=N–C) groups is 1. The second-order valence-electron chi connectivity index (χ2n) is 5.03. The first-order chi connectivity index (χ1) is 12.7. The molecule has 0 radical (unpaired) electrons. The zero-order chi connectivity index (χ0) is 20.0. The molecule has 2 rings (SSSR count). The molecule has 0 aliphatic heterocycles. The van der Waals surface area contributed by atoms with Crippen molar-refractivity contribution in [2.45, 2.75) is 25.9 Å². The SMILES string of the molecule is CN=C(NCc1nc(C(F)(F)F)cs1)NCc1cc(Cl)ccc1OC(F)F. The fourth-order valence-electron chi connectivity index (χ4n) is 1.98.